The van der Waals surface area contributed by atoms with Crippen LogP contribution in [-0.4, -0.2) is 31.1 Å². The first-order valence-corrected chi connectivity index (χ1v) is 6.88. The number of nitrogens with one attached hydrogen (secondary N) is 1. The van der Waals surface area contributed by atoms with Crippen molar-refractivity contribution in [1.82, 2.24) is 10.2 Å². The molecule has 0 aromatic heterocycles. The predicted molar refractivity (Wildman–Crippen MR) is 73.4 cm³/mol. The van der Waals surface area contributed by atoms with E-state index in [9.17, 15) is 13.2 Å². The number of alkyl halides is 3. The number of benzene rings is 1. The molecule has 20 heavy (non-hydrogen) atoms. The van der Waals surface area contributed by atoms with E-state index in [-0.39, 0.29) is 12.1 Å². The molecule has 112 valence electrons. The van der Waals surface area contributed by atoms with Crippen LogP contribution in [0.1, 0.15) is 30.4 Å². The lowest BCUT2D eigenvalue weighted by atomic mass is 9.75. The fourth-order valence-electron chi connectivity index (χ4n) is 2.75. The van der Waals surface area contributed by atoms with Crippen LogP contribution in [0.5, 0.6) is 0 Å². The summed E-state index contributed by atoms with van der Waals surface area (Å²) in [6, 6.07) is 5.76. The molecule has 2 rings (SSSR count). The summed E-state index contributed by atoms with van der Waals surface area (Å²) >= 11 is 0. The van der Waals surface area contributed by atoms with E-state index >= 15 is 0 Å². The SMILES string of the molecule is CN(C)C1(CNCc2ccccc2C(F)(F)F)CCC1. The van der Waals surface area contributed by atoms with Gasteiger partial charge in [0.1, 0.15) is 0 Å². The molecule has 0 amide bonds. The van der Waals surface area contributed by atoms with Gasteiger partial charge in [-0.1, -0.05) is 18.2 Å². The third-order valence-corrected chi connectivity index (χ3v) is 4.33. The minimum absolute atomic E-state index is 0.118. The van der Waals surface area contributed by atoms with Crippen LogP contribution >= 0.6 is 0 Å². The molecule has 0 heterocycles. The van der Waals surface area contributed by atoms with Crippen molar-refractivity contribution in [2.75, 3.05) is 20.6 Å². The van der Waals surface area contributed by atoms with Gasteiger partial charge in [0.2, 0.25) is 0 Å². The first-order valence-electron chi connectivity index (χ1n) is 6.88. The highest BCUT2D eigenvalue weighted by Crippen LogP contribution is 2.36. The third kappa shape index (κ3) is 3.15. The summed E-state index contributed by atoms with van der Waals surface area (Å²) in [6.07, 6.45) is -0.880. The quantitative estimate of drug-likeness (QED) is 0.893. The van der Waals surface area contributed by atoms with E-state index in [0.717, 1.165) is 25.5 Å². The Kier molecular flexibility index (Phi) is 4.39. The standard InChI is InChI=1S/C15H21F3N2/c1-20(2)14(8-5-9-14)11-19-10-12-6-3-4-7-13(12)15(16,17)18/h3-4,6-7,19H,5,8-11H2,1-2H3. The molecular formula is C15H21F3N2. The Morgan fingerprint density at radius 3 is 2.35 bits per heavy atom. The van der Waals surface area contributed by atoms with E-state index < -0.39 is 11.7 Å². The molecule has 5 heteroatoms. The number of rotatable bonds is 5. The van der Waals surface area contributed by atoms with Gasteiger partial charge in [-0.15, -0.1) is 0 Å². The molecule has 0 bridgehead atoms. The minimum atomic E-state index is -4.28. The molecule has 0 aliphatic heterocycles. The summed E-state index contributed by atoms with van der Waals surface area (Å²) in [5.41, 5.74) is -0.110. The summed E-state index contributed by atoms with van der Waals surface area (Å²) in [4.78, 5) is 2.18. The predicted octanol–water partition coefficient (Wildman–Crippen LogP) is 3.28. The van der Waals surface area contributed by atoms with E-state index in [1.807, 2.05) is 14.1 Å². The molecule has 1 fully saturated rings. The van der Waals surface area contributed by atoms with Crippen LogP contribution in [0.15, 0.2) is 24.3 Å². The van der Waals surface area contributed by atoms with Gasteiger partial charge in [0, 0.05) is 18.6 Å². The molecular weight excluding hydrogens is 265 g/mol. The zero-order valence-corrected chi connectivity index (χ0v) is 11.9. The first-order chi connectivity index (χ1) is 9.35. The van der Waals surface area contributed by atoms with Crippen LogP contribution < -0.4 is 5.32 Å². The highest BCUT2D eigenvalue weighted by Gasteiger charge is 2.38. The third-order valence-electron chi connectivity index (χ3n) is 4.33. The van der Waals surface area contributed by atoms with Crippen molar-refractivity contribution in [3.63, 3.8) is 0 Å². The van der Waals surface area contributed by atoms with Gasteiger partial charge in [-0.3, -0.25) is 0 Å². The Morgan fingerprint density at radius 1 is 1.20 bits per heavy atom. The number of likely N-dealkylation sites (N-methyl/N-ethyl adjacent to an activating group) is 1. The Morgan fingerprint density at radius 2 is 1.85 bits per heavy atom. The van der Waals surface area contributed by atoms with E-state index in [4.69, 9.17) is 0 Å². The molecule has 1 aliphatic rings. The molecule has 1 N–H and O–H groups in total. The van der Waals surface area contributed by atoms with Crippen molar-refractivity contribution < 1.29 is 13.2 Å². The average Bonchev–Trinajstić information content (AvgIpc) is 2.31. The second-order valence-corrected chi connectivity index (χ2v) is 5.73. The lowest BCUT2D eigenvalue weighted by molar-refractivity contribution is -0.138. The van der Waals surface area contributed by atoms with Crippen molar-refractivity contribution in [3.8, 4) is 0 Å². The summed E-state index contributed by atoms with van der Waals surface area (Å²) in [6.45, 7) is 0.984. The summed E-state index contributed by atoms with van der Waals surface area (Å²) in [7, 11) is 4.06. The molecule has 0 saturated heterocycles. The van der Waals surface area contributed by atoms with Gasteiger partial charge in [0.05, 0.1) is 5.56 Å². The van der Waals surface area contributed by atoms with Gasteiger partial charge >= 0.3 is 6.18 Å². The molecule has 1 aromatic rings. The van der Waals surface area contributed by atoms with Crippen LogP contribution in [0.25, 0.3) is 0 Å². The van der Waals surface area contributed by atoms with Crippen LogP contribution in [-0.2, 0) is 12.7 Å². The van der Waals surface area contributed by atoms with Crippen LogP contribution in [0.2, 0.25) is 0 Å². The smallest absolute Gasteiger partial charge is 0.311 e. The summed E-state index contributed by atoms with van der Waals surface area (Å²) < 4.78 is 38.6. The Hall–Kier alpha value is -1.07. The van der Waals surface area contributed by atoms with E-state index in [2.05, 4.69) is 10.2 Å². The van der Waals surface area contributed by atoms with Crippen molar-refractivity contribution in [2.45, 2.75) is 37.5 Å². The topological polar surface area (TPSA) is 15.3 Å². The molecule has 0 radical (unpaired) electrons. The van der Waals surface area contributed by atoms with Crippen LogP contribution in [0, 0.1) is 0 Å². The van der Waals surface area contributed by atoms with Crippen LogP contribution in [0.3, 0.4) is 0 Å². The lowest BCUT2D eigenvalue weighted by Gasteiger charge is -2.47. The highest BCUT2D eigenvalue weighted by molar-refractivity contribution is 5.29. The Balaban J connectivity index is 1.98. The average molecular weight is 286 g/mol. The molecule has 1 saturated carbocycles. The highest BCUT2D eigenvalue weighted by atomic mass is 19.4. The zero-order valence-electron chi connectivity index (χ0n) is 11.9. The molecule has 0 unspecified atom stereocenters. The second-order valence-electron chi connectivity index (χ2n) is 5.73. The minimum Gasteiger partial charge on any atom is -0.311 e. The van der Waals surface area contributed by atoms with E-state index in [1.165, 1.54) is 12.5 Å². The summed E-state index contributed by atoms with van der Waals surface area (Å²) in [5, 5.41) is 3.20. The van der Waals surface area contributed by atoms with Crippen LogP contribution in [0.4, 0.5) is 13.2 Å². The monoisotopic (exact) mass is 286 g/mol. The molecule has 2 nitrogen and oxygen atoms in total. The molecule has 1 aliphatic carbocycles. The van der Waals surface area contributed by atoms with Gasteiger partial charge in [-0.2, -0.15) is 13.2 Å². The van der Waals surface area contributed by atoms with Gasteiger partial charge in [0.15, 0.2) is 0 Å². The first kappa shape index (κ1) is 15.3. The Bertz CT molecular complexity index is 451. The fourth-order valence-corrected chi connectivity index (χ4v) is 2.75. The Labute approximate surface area is 118 Å². The van der Waals surface area contributed by atoms with Crippen molar-refractivity contribution >= 4 is 0 Å². The van der Waals surface area contributed by atoms with Gasteiger partial charge in [0.25, 0.3) is 0 Å². The maximum atomic E-state index is 12.9. The largest absolute Gasteiger partial charge is 0.416 e. The van der Waals surface area contributed by atoms with E-state index in [1.54, 1.807) is 12.1 Å². The number of hydrogen-bond acceptors (Lipinski definition) is 2. The lowest BCUT2D eigenvalue weighted by Crippen LogP contribution is -2.56. The molecule has 0 spiro atoms. The maximum absolute atomic E-state index is 12.9. The maximum Gasteiger partial charge on any atom is 0.416 e. The fraction of sp³-hybridized carbons (Fsp3) is 0.600. The van der Waals surface area contributed by atoms with Gasteiger partial charge < -0.3 is 10.2 Å². The normalized spacial score (nSPS) is 18.1. The second kappa shape index (κ2) is 5.74. The van der Waals surface area contributed by atoms with Crippen molar-refractivity contribution in [3.05, 3.63) is 35.4 Å². The van der Waals surface area contributed by atoms with Crippen molar-refractivity contribution in [2.24, 2.45) is 0 Å². The summed E-state index contributed by atoms with van der Waals surface area (Å²) in [5.74, 6) is 0. The molecule has 0 atom stereocenters. The van der Waals surface area contributed by atoms with Gasteiger partial charge in [-0.05, 0) is 45.0 Å². The molecule has 1 aromatic carbocycles. The zero-order chi connectivity index (χ0) is 14.8. The van der Waals surface area contributed by atoms with Crippen molar-refractivity contribution in [1.29, 1.82) is 0 Å². The van der Waals surface area contributed by atoms with E-state index in [0.29, 0.717) is 5.56 Å². The van der Waals surface area contributed by atoms with Gasteiger partial charge in [-0.25, -0.2) is 0 Å². The number of nitrogens with zero attached hydrogens (tertiary/aromatic N) is 1. The number of halogens is 3. The number of hydrogen-bond donors (Lipinski definition) is 1.